The number of hydrogen-bond donors (Lipinski definition) is 2. The molecule has 0 saturated heterocycles. The normalized spacial score (nSPS) is 11.7. The summed E-state index contributed by atoms with van der Waals surface area (Å²) in [6.07, 6.45) is 0.598. The highest BCUT2D eigenvalue weighted by molar-refractivity contribution is 5.76. The van der Waals surface area contributed by atoms with Crippen LogP contribution in [0.2, 0.25) is 0 Å². The van der Waals surface area contributed by atoms with E-state index in [0.29, 0.717) is 30.2 Å². The van der Waals surface area contributed by atoms with Gasteiger partial charge in [-0.25, -0.2) is 0 Å². The lowest BCUT2D eigenvalue weighted by atomic mass is 10.2. The summed E-state index contributed by atoms with van der Waals surface area (Å²) >= 11 is 0. The Morgan fingerprint density at radius 3 is 2.88 bits per heavy atom. The van der Waals surface area contributed by atoms with Crippen LogP contribution in [0.15, 0.2) is 18.2 Å². The van der Waals surface area contributed by atoms with Gasteiger partial charge < -0.3 is 20.5 Å². The first-order valence-corrected chi connectivity index (χ1v) is 4.94. The summed E-state index contributed by atoms with van der Waals surface area (Å²) in [7, 11) is 1.57. The Bertz CT molecular complexity index is 353. The lowest BCUT2D eigenvalue weighted by Crippen LogP contribution is -2.23. The van der Waals surface area contributed by atoms with Gasteiger partial charge in [0, 0.05) is 12.1 Å². The number of hydrogen-bond acceptors (Lipinski definition) is 4. The summed E-state index contributed by atoms with van der Waals surface area (Å²) < 4.78 is 10.5. The fourth-order valence-corrected chi connectivity index (χ4v) is 1.15. The van der Waals surface area contributed by atoms with E-state index in [1.54, 1.807) is 25.3 Å². The van der Waals surface area contributed by atoms with E-state index in [1.165, 1.54) is 0 Å². The van der Waals surface area contributed by atoms with Crippen molar-refractivity contribution in [2.24, 2.45) is 5.73 Å². The predicted molar refractivity (Wildman–Crippen MR) is 61.8 cm³/mol. The van der Waals surface area contributed by atoms with Gasteiger partial charge in [0.1, 0.15) is 18.1 Å². The third kappa shape index (κ3) is 3.43. The van der Waals surface area contributed by atoms with Gasteiger partial charge in [-0.05, 0) is 19.1 Å². The van der Waals surface area contributed by atoms with Crippen molar-refractivity contribution in [2.75, 3.05) is 19.0 Å². The van der Waals surface area contributed by atoms with Gasteiger partial charge in [-0.1, -0.05) is 0 Å². The number of amides is 1. The molecule has 0 fully saturated rings. The molecule has 0 bridgehead atoms. The van der Waals surface area contributed by atoms with Crippen LogP contribution in [-0.2, 0) is 4.79 Å². The van der Waals surface area contributed by atoms with Crippen molar-refractivity contribution in [1.82, 2.24) is 0 Å². The Hall–Kier alpha value is -1.75. The van der Waals surface area contributed by atoms with Crippen molar-refractivity contribution in [3.63, 3.8) is 0 Å². The van der Waals surface area contributed by atoms with Crippen molar-refractivity contribution in [3.8, 4) is 11.5 Å². The second-order valence-corrected chi connectivity index (χ2v) is 3.41. The Morgan fingerprint density at radius 1 is 1.56 bits per heavy atom. The maximum Gasteiger partial charge on any atom is 0.211 e. The van der Waals surface area contributed by atoms with Crippen LogP contribution in [0.1, 0.15) is 6.92 Å². The molecule has 0 aliphatic rings. The molecule has 1 rings (SSSR count). The molecule has 0 aliphatic carbocycles. The van der Waals surface area contributed by atoms with Gasteiger partial charge in [0.2, 0.25) is 6.41 Å². The van der Waals surface area contributed by atoms with Gasteiger partial charge in [-0.15, -0.1) is 0 Å². The first kappa shape index (κ1) is 12.3. The molecule has 5 heteroatoms. The van der Waals surface area contributed by atoms with Crippen LogP contribution in [0.3, 0.4) is 0 Å². The van der Waals surface area contributed by atoms with Gasteiger partial charge >= 0.3 is 0 Å². The standard InChI is InChI=1S/C11H16N2O3/c1-8(12)6-16-11-5-9(15-2)3-4-10(11)13-7-14/h3-5,7-8H,6,12H2,1-2H3,(H,13,14)/t8-/m1/s1. The molecule has 0 aromatic heterocycles. The minimum absolute atomic E-state index is 0.0738. The molecule has 1 atom stereocenters. The van der Waals surface area contributed by atoms with Gasteiger partial charge in [0.05, 0.1) is 12.8 Å². The Labute approximate surface area is 94.5 Å². The second kappa shape index (κ2) is 5.97. The highest BCUT2D eigenvalue weighted by Gasteiger charge is 2.06. The minimum atomic E-state index is -0.0738. The molecule has 0 heterocycles. The van der Waals surface area contributed by atoms with Crippen LogP contribution in [0.25, 0.3) is 0 Å². The lowest BCUT2D eigenvalue weighted by Gasteiger charge is -2.13. The molecule has 0 spiro atoms. The van der Waals surface area contributed by atoms with Crippen LogP contribution >= 0.6 is 0 Å². The summed E-state index contributed by atoms with van der Waals surface area (Å²) in [4.78, 5) is 10.4. The Kier molecular flexibility index (Phi) is 4.60. The number of rotatable bonds is 6. The van der Waals surface area contributed by atoms with E-state index in [4.69, 9.17) is 15.2 Å². The molecule has 5 nitrogen and oxygen atoms in total. The molecule has 0 radical (unpaired) electrons. The first-order chi connectivity index (χ1) is 7.67. The topological polar surface area (TPSA) is 73.6 Å². The van der Waals surface area contributed by atoms with Crippen molar-refractivity contribution in [3.05, 3.63) is 18.2 Å². The van der Waals surface area contributed by atoms with Gasteiger partial charge in [0.15, 0.2) is 0 Å². The number of ether oxygens (including phenoxy) is 2. The number of nitrogens with one attached hydrogen (secondary N) is 1. The van der Waals surface area contributed by atoms with Crippen molar-refractivity contribution >= 4 is 12.1 Å². The number of nitrogens with two attached hydrogens (primary N) is 1. The second-order valence-electron chi connectivity index (χ2n) is 3.41. The predicted octanol–water partition coefficient (Wildman–Crippen LogP) is 0.989. The highest BCUT2D eigenvalue weighted by atomic mass is 16.5. The highest BCUT2D eigenvalue weighted by Crippen LogP contribution is 2.28. The molecule has 1 aromatic rings. The number of benzene rings is 1. The average Bonchev–Trinajstić information content (AvgIpc) is 2.28. The quantitative estimate of drug-likeness (QED) is 0.707. The van der Waals surface area contributed by atoms with E-state index in [0.717, 1.165) is 0 Å². The molecule has 0 aliphatic heterocycles. The zero-order valence-corrected chi connectivity index (χ0v) is 9.40. The lowest BCUT2D eigenvalue weighted by molar-refractivity contribution is -0.105. The van der Waals surface area contributed by atoms with Crippen LogP contribution in [-0.4, -0.2) is 26.2 Å². The van der Waals surface area contributed by atoms with Crippen LogP contribution in [0.5, 0.6) is 11.5 Å². The van der Waals surface area contributed by atoms with E-state index in [2.05, 4.69) is 5.32 Å². The summed E-state index contributed by atoms with van der Waals surface area (Å²) in [6.45, 7) is 2.22. The molecule has 1 aromatic carbocycles. The van der Waals surface area contributed by atoms with Gasteiger partial charge in [-0.3, -0.25) is 4.79 Å². The van der Waals surface area contributed by atoms with Crippen molar-refractivity contribution in [1.29, 1.82) is 0 Å². The number of carbonyl (C=O) groups is 1. The average molecular weight is 224 g/mol. The fraction of sp³-hybridized carbons (Fsp3) is 0.364. The Morgan fingerprint density at radius 2 is 2.31 bits per heavy atom. The van der Waals surface area contributed by atoms with Crippen LogP contribution < -0.4 is 20.5 Å². The summed E-state index contributed by atoms with van der Waals surface area (Å²) in [6, 6.07) is 5.08. The van der Waals surface area contributed by atoms with Crippen molar-refractivity contribution in [2.45, 2.75) is 13.0 Å². The maximum absolute atomic E-state index is 10.4. The molecule has 3 N–H and O–H groups in total. The minimum Gasteiger partial charge on any atom is -0.497 e. The zero-order valence-electron chi connectivity index (χ0n) is 9.40. The molecule has 16 heavy (non-hydrogen) atoms. The third-order valence-electron chi connectivity index (χ3n) is 1.90. The molecule has 0 unspecified atom stereocenters. The molecular formula is C11H16N2O3. The van der Waals surface area contributed by atoms with Crippen LogP contribution in [0.4, 0.5) is 5.69 Å². The molecule has 88 valence electrons. The smallest absolute Gasteiger partial charge is 0.211 e. The van der Waals surface area contributed by atoms with E-state index >= 15 is 0 Å². The maximum atomic E-state index is 10.4. The molecular weight excluding hydrogens is 208 g/mol. The molecule has 1 amide bonds. The summed E-state index contributed by atoms with van der Waals surface area (Å²) in [5, 5.41) is 2.55. The van der Waals surface area contributed by atoms with E-state index in [-0.39, 0.29) is 6.04 Å². The fourth-order valence-electron chi connectivity index (χ4n) is 1.15. The van der Waals surface area contributed by atoms with Crippen molar-refractivity contribution < 1.29 is 14.3 Å². The van der Waals surface area contributed by atoms with E-state index in [1.807, 2.05) is 6.92 Å². The van der Waals surface area contributed by atoms with E-state index in [9.17, 15) is 4.79 Å². The SMILES string of the molecule is COc1ccc(NC=O)c(OC[C@@H](C)N)c1. The largest absolute Gasteiger partial charge is 0.497 e. The first-order valence-electron chi connectivity index (χ1n) is 4.94. The van der Waals surface area contributed by atoms with Gasteiger partial charge in [0.25, 0.3) is 0 Å². The van der Waals surface area contributed by atoms with Crippen LogP contribution in [0, 0.1) is 0 Å². The monoisotopic (exact) mass is 224 g/mol. The van der Waals surface area contributed by atoms with E-state index < -0.39 is 0 Å². The Balaban J connectivity index is 2.86. The van der Waals surface area contributed by atoms with Gasteiger partial charge in [-0.2, -0.15) is 0 Å². The number of anilines is 1. The molecule has 0 saturated carbocycles. The summed E-state index contributed by atoms with van der Waals surface area (Å²) in [5.74, 6) is 1.21. The zero-order chi connectivity index (χ0) is 12.0. The number of methoxy groups -OCH3 is 1. The third-order valence-corrected chi connectivity index (χ3v) is 1.90. The summed E-state index contributed by atoms with van der Waals surface area (Å²) in [5.41, 5.74) is 6.18. The number of carbonyl (C=O) groups excluding carboxylic acids is 1.